The molecular formula is C48H48F6N4O6S. The van der Waals surface area contributed by atoms with Gasteiger partial charge < -0.3 is 29.1 Å². The van der Waals surface area contributed by atoms with Gasteiger partial charge in [-0.25, -0.2) is 0 Å². The van der Waals surface area contributed by atoms with Crippen LogP contribution in [0.1, 0.15) is 49.9 Å². The van der Waals surface area contributed by atoms with Gasteiger partial charge in [0.25, 0.3) is 0 Å². The molecule has 2 aliphatic heterocycles. The SMILES string of the molecule is CCOc1ccccc1-c1c(/C=C/C(=O)N2CCN(C(C)=O)CC2)ccc(Sc2ccc(/C=C/C(=O)N3CCN(C(C)=O)CC3)c(-c3ccccc3OCC)c2C(F)(F)F)c1C(F)(F)F. The third-order valence-corrected chi connectivity index (χ3v) is 12.1. The average molecular weight is 923 g/mol. The van der Waals surface area contributed by atoms with Crippen molar-refractivity contribution in [3.8, 4) is 33.8 Å². The third kappa shape index (κ3) is 11.4. The Morgan fingerprint density at radius 3 is 1.20 bits per heavy atom. The molecule has 0 N–H and O–H groups in total. The second-order valence-electron chi connectivity index (χ2n) is 15.1. The van der Waals surface area contributed by atoms with E-state index in [0.29, 0.717) is 26.2 Å². The van der Waals surface area contributed by atoms with Gasteiger partial charge in [0.1, 0.15) is 11.5 Å². The Labute approximate surface area is 377 Å². The van der Waals surface area contributed by atoms with Crippen LogP contribution in [0.5, 0.6) is 11.5 Å². The summed E-state index contributed by atoms with van der Waals surface area (Å²) in [6.45, 7) is 8.38. The number of benzene rings is 4. The highest BCUT2D eigenvalue weighted by atomic mass is 32.2. The Hall–Kier alpha value is -6.23. The molecule has 344 valence electrons. The van der Waals surface area contributed by atoms with Crippen LogP contribution in [0.15, 0.2) is 94.7 Å². The predicted octanol–water partition coefficient (Wildman–Crippen LogP) is 9.41. The summed E-state index contributed by atoms with van der Waals surface area (Å²) < 4.78 is 106. The molecule has 4 aromatic carbocycles. The number of alkyl halides is 6. The molecule has 6 rings (SSSR count). The summed E-state index contributed by atoms with van der Waals surface area (Å²) in [5.41, 5.74) is -3.39. The smallest absolute Gasteiger partial charge is 0.418 e. The van der Waals surface area contributed by atoms with Crippen molar-refractivity contribution >= 4 is 47.5 Å². The second kappa shape index (κ2) is 20.7. The number of piperazine rings is 2. The first kappa shape index (κ1) is 48.2. The zero-order chi connectivity index (χ0) is 47.1. The second-order valence-corrected chi connectivity index (χ2v) is 16.2. The molecule has 0 spiro atoms. The minimum atomic E-state index is -5.14. The molecule has 4 aromatic rings. The first-order valence-electron chi connectivity index (χ1n) is 21.0. The summed E-state index contributed by atoms with van der Waals surface area (Å²) >= 11 is 0.283. The predicted molar refractivity (Wildman–Crippen MR) is 236 cm³/mol. The Morgan fingerprint density at radius 2 is 0.877 bits per heavy atom. The maximum atomic E-state index is 15.8. The first-order valence-corrected chi connectivity index (χ1v) is 21.8. The van der Waals surface area contributed by atoms with Gasteiger partial charge in [-0.05, 0) is 61.4 Å². The van der Waals surface area contributed by atoms with Gasteiger partial charge in [0.2, 0.25) is 23.6 Å². The van der Waals surface area contributed by atoms with Gasteiger partial charge in [-0.15, -0.1) is 0 Å². The quantitative estimate of drug-likeness (QED) is 0.103. The minimum absolute atomic E-state index is 0.00142. The number of para-hydroxylation sites is 2. The van der Waals surface area contributed by atoms with Gasteiger partial charge >= 0.3 is 12.4 Å². The number of rotatable bonds is 12. The van der Waals surface area contributed by atoms with E-state index in [1.54, 1.807) is 35.8 Å². The molecule has 2 fully saturated rings. The van der Waals surface area contributed by atoms with Crippen LogP contribution >= 0.6 is 11.8 Å². The fraction of sp³-hybridized carbons (Fsp3) is 0.333. The van der Waals surface area contributed by atoms with Crippen LogP contribution in [0.25, 0.3) is 34.4 Å². The molecular weight excluding hydrogens is 875 g/mol. The number of hydrogen-bond acceptors (Lipinski definition) is 7. The van der Waals surface area contributed by atoms with Crippen LogP contribution in [0.4, 0.5) is 26.3 Å². The zero-order valence-corrected chi connectivity index (χ0v) is 37.0. The van der Waals surface area contributed by atoms with E-state index in [2.05, 4.69) is 0 Å². The van der Waals surface area contributed by atoms with Crippen molar-refractivity contribution < 1.29 is 55.0 Å². The average Bonchev–Trinajstić information content (AvgIpc) is 3.27. The van der Waals surface area contributed by atoms with E-state index in [9.17, 15) is 19.2 Å². The van der Waals surface area contributed by atoms with Crippen molar-refractivity contribution in [1.29, 1.82) is 0 Å². The van der Waals surface area contributed by atoms with Crippen molar-refractivity contribution in [2.45, 2.75) is 49.8 Å². The van der Waals surface area contributed by atoms with E-state index in [1.807, 2.05) is 0 Å². The summed E-state index contributed by atoms with van der Waals surface area (Å²) in [5, 5.41) is 0. The van der Waals surface area contributed by atoms with Crippen LogP contribution in [-0.2, 0) is 31.5 Å². The largest absolute Gasteiger partial charge is 0.493 e. The maximum absolute atomic E-state index is 15.8. The van der Waals surface area contributed by atoms with Gasteiger partial charge in [0.15, 0.2) is 0 Å². The molecule has 2 aliphatic rings. The monoisotopic (exact) mass is 922 g/mol. The van der Waals surface area contributed by atoms with Crippen molar-refractivity contribution in [3.05, 3.63) is 107 Å². The summed E-state index contributed by atoms with van der Waals surface area (Å²) in [5.74, 6) is -1.11. The van der Waals surface area contributed by atoms with Crippen molar-refractivity contribution in [3.63, 3.8) is 0 Å². The summed E-state index contributed by atoms with van der Waals surface area (Å²) in [6, 6.07) is 16.8. The number of amides is 4. The van der Waals surface area contributed by atoms with E-state index in [4.69, 9.17) is 9.47 Å². The van der Waals surface area contributed by atoms with Gasteiger partial charge in [-0.1, -0.05) is 60.3 Å². The fourth-order valence-electron chi connectivity index (χ4n) is 7.83. The molecule has 0 unspecified atom stereocenters. The number of nitrogens with zero attached hydrogens (tertiary/aromatic N) is 4. The Bertz CT molecular complexity index is 2300. The van der Waals surface area contributed by atoms with Gasteiger partial charge in [0.05, 0.1) is 24.3 Å². The number of carbonyl (C=O) groups excluding carboxylic acids is 4. The molecule has 0 aromatic heterocycles. The number of halogens is 6. The molecule has 0 bridgehead atoms. The third-order valence-electron chi connectivity index (χ3n) is 11.0. The highest BCUT2D eigenvalue weighted by molar-refractivity contribution is 7.99. The Morgan fingerprint density at radius 1 is 0.538 bits per heavy atom. The van der Waals surface area contributed by atoms with Crippen molar-refractivity contribution in [2.24, 2.45) is 0 Å². The topological polar surface area (TPSA) is 99.7 Å². The van der Waals surface area contributed by atoms with Crippen LogP contribution in [-0.4, -0.2) is 109 Å². The Kier molecular flexibility index (Phi) is 15.4. The summed E-state index contributed by atoms with van der Waals surface area (Å²) in [7, 11) is 0. The molecule has 0 saturated carbocycles. The zero-order valence-electron chi connectivity index (χ0n) is 36.2. The van der Waals surface area contributed by atoms with Gasteiger partial charge in [-0.2, -0.15) is 26.3 Å². The molecule has 0 atom stereocenters. The molecule has 65 heavy (non-hydrogen) atoms. The Balaban J connectivity index is 1.51. The lowest BCUT2D eigenvalue weighted by molar-refractivity contribution is -0.139. The molecule has 10 nitrogen and oxygen atoms in total. The van der Waals surface area contributed by atoms with Crippen LogP contribution < -0.4 is 9.47 Å². The van der Waals surface area contributed by atoms with Crippen LogP contribution in [0.2, 0.25) is 0 Å². The van der Waals surface area contributed by atoms with Crippen LogP contribution in [0, 0.1) is 0 Å². The van der Waals surface area contributed by atoms with Crippen LogP contribution in [0.3, 0.4) is 0 Å². The van der Waals surface area contributed by atoms with E-state index >= 15 is 26.3 Å². The lowest BCUT2D eigenvalue weighted by Gasteiger charge is -2.33. The van der Waals surface area contributed by atoms with E-state index in [1.165, 1.54) is 84.3 Å². The van der Waals surface area contributed by atoms with Gasteiger partial charge in [-0.3, -0.25) is 19.2 Å². The number of ether oxygens (including phenoxy) is 2. The van der Waals surface area contributed by atoms with E-state index in [0.717, 1.165) is 24.3 Å². The lowest BCUT2D eigenvalue weighted by atomic mass is 9.92. The normalized spacial score (nSPS) is 14.9. The lowest BCUT2D eigenvalue weighted by Crippen LogP contribution is -2.49. The molecule has 17 heteroatoms. The van der Waals surface area contributed by atoms with E-state index < -0.39 is 56.2 Å². The van der Waals surface area contributed by atoms with Crippen molar-refractivity contribution in [1.82, 2.24) is 19.6 Å². The highest BCUT2D eigenvalue weighted by Gasteiger charge is 2.42. The molecule has 0 aliphatic carbocycles. The highest BCUT2D eigenvalue weighted by Crippen LogP contribution is 2.52. The van der Waals surface area contributed by atoms with E-state index in [-0.39, 0.29) is 96.7 Å². The number of hydrogen-bond donors (Lipinski definition) is 0. The molecule has 4 amide bonds. The van der Waals surface area contributed by atoms with Crippen molar-refractivity contribution in [2.75, 3.05) is 65.6 Å². The maximum Gasteiger partial charge on any atom is 0.418 e. The molecule has 2 saturated heterocycles. The molecule has 0 radical (unpaired) electrons. The summed E-state index contributed by atoms with van der Waals surface area (Å²) in [6.07, 6.45) is -5.50. The molecule has 2 heterocycles. The summed E-state index contributed by atoms with van der Waals surface area (Å²) in [4.78, 5) is 55.4. The van der Waals surface area contributed by atoms with Gasteiger partial charge in [0, 0.05) is 110 Å². The first-order chi connectivity index (χ1) is 30.9. The standard InChI is InChI=1S/C48H48F6N4O6S/c1-5-63-37-13-9-7-11-35(37)43-33(17-21-41(61)57-27-23-55(24-28-57)31(3)59)15-19-39(45(43)47(49,50)51)65-40-20-16-34(18-22-42(62)58-29-25-56(26-30-58)32(4)60)44(46(40)48(52,53)54)36-12-8-10-14-38(36)64-6-2/h7-22H,5-6,23-30H2,1-4H3/b21-17+,22-18+. The number of carbonyl (C=O) groups is 4. The minimum Gasteiger partial charge on any atom is -0.493 e. The fourth-order valence-corrected chi connectivity index (χ4v) is 8.98.